The molecule has 0 aliphatic carbocycles. The number of sulfonamides is 1. The van der Waals surface area contributed by atoms with E-state index < -0.39 is 16.0 Å². The number of aromatic carboxylic acids is 1. The summed E-state index contributed by atoms with van der Waals surface area (Å²) >= 11 is 0.774. The summed E-state index contributed by atoms with van der Waals surface area (Å²) in [6, 6.07) is 2.65. The van der Waals surface area contributed by atoms with E-state index in [-0.39, 0.29) is 15.2 Å². The fourth-order valence-electron chi connectivity index (χ4n) is 1.81. The molecule has 0 bridgehead atoms. The van der Waals surface area contributed by atoms with Crippen LogP contribution in [0, 0.1) is 0 Å². The van der Waals surface area contributed by atoms with E-state index in [1.165, 1.54) is 16.4 Å². The number of methoxy groups -OCH3 is 1. The first-order chi connectivity index (χ1) is 8.45. The molecule has 18 heavy (non-hydrogen) atoms. The predicted octanol–water partition coefficient (Wildman–Crippen LogP) is 0.856. The molecule has 1 unspecified atom stereocenters. The van der Waals surface area contributed by atoms with Gasteiger partial charge in [-0.15, -0.1) is 11.3 Å². The minimum Gasteiger partial charge on any atom is -0.477 e. The summed E-state index contributed by atoms with van der Waals surface area (Å²) in [5.74, 6) is -1.11. The third kappa shape index (κ3) is 2.41. The van der Waals surface area contributed by atoms with Crippen molar-refractivity contribution < 1.29 is 23.1 Å². The van der Waals surface area contributed by atoms with E-state index in [1.807, 2.05) is 0 Å². The second kappa shape index (κ2) is 4.96. The number of thiophene rings is 1. The second-order valence-corrected chi connectivity index (χ2v) is 7.18. The van der Waals surface area contributed by atoms with Crippen LogP contribution in [-0.2, 0) is 14.8 Å². The number of nitrogens with zero attached hydrogens (tertiary/aromatic N) is 1. The first kappa shape index (κ1) is 13.5. The highest BCUT2D eigenvalue weighted by Gasteiger charge is 2.33. The molecule has 100 valence electrons. The quantitative estimate of drug-likeness (QED) is 0.889. The molecule has 1 fully saturated rings. The Bertz CT molecular complexity index is 550. The summed E-state index contributed by atoms with van der Waals surface area (Å²) in [6.45, 7) is 0.723. The zero-order valence-electron chi connectivity index (χ0n) is 9.70. The summed E-state index contributed by atoms with van der Waals surface area (Å²) in [6.07, 6.45) is 0.575. The van der Waals surface area contributed by atoms with Gasteiger partial charge in [0.15, 0.2) is 0 Å². The van der Waals surface area contributed by atoms with Gasteiger partial charge in [-0.3, -0.25) is 0 Å². The lowest BCUT2D eigenvalue weighted by atomic mass is 10.3. The number of carbonyl (C=O) groups is 1. The number of hydrogen-bond donors (Lipinski definition) is 1. The lowest BCUT2D eigenvalue weighted by molar-refractivity contribution is 0.0702. The normalized spacial score (nSPS) is 21.3. The number of carboxylic acids is 1. The third-order valence-corrected chi connectivity index (χ3v) is 6.23. The number of ether oxygens (including phenoxy) is 1. The van der Waals surface area contributed by atoms with Gasteiger partial charge in [-0.1, -0.05) is 0 Å². The maximum atomic E-state index is 12.2. The molecule has 1 atom stereocenters. The standard InChI is InChI=1S/C10H13NO5S2/c1-16-7-4-5-11(6-7)18(14,15)9-3-2-8(17-9)10(12)13/h2-3,7H,4-6H2,1H3,(H,12,13). The Labute approximate surface area is 109 Å². The molecule has 6 nitrogen and oxygen atoms in total. The molecule has 0 spiro atoms. The van der Waals surface area contributed by atoms with Gasteiger partial charge >= 0.3 is 5.97 Å². The second-order valence-electron chi connectivity index (χ2n) is 3.93. The minimum absolute atomic E-state index is 0.0241. The molecular weight excluding hydrogens is 278 g/mol. The van der Waals surface area contributed by atoms with Crippen molar-refractivity contribution in [2.24, 2.45) is 0 Å². The average molecular weight is 291 g/mol. The summed E-state index contributed by atoms with van der Waals surface area (Å²) in [5, 5.41) is 8.79. The molecule has 1 aliphatic heterocycles. The molecule has 1 aromatic heterocycles. The van der Waals surface area contributed by atoms with Crippen LogP contribution in [0.15, 0.2) is 16.3 Å². The number of carboxylic acid groups (broad SMARTS) is 1. The van der Waals surface area contributed by atoms with Crippen LogP contribution >= 0.6 is 11.3 Å². The van der Waals surface area contributed by atoms with Crippen LogP contribution in [0.2, 0.25) is 0 Å². The zero-order valence-corrected chi connectivity index (χ0v) is 11.3. The Morgan fingerprint density at radius 3 is 2.78 bits per heavy atom. The molecule has 0 saturated carbocycles. The van der Waals surface area contributed by atoms with E-state index in [0.29, 0.717) is 19.5 Å². The predicted molar refractivity (Wildman–Crippen MR) is 65.5 cm³/mol. The Morgan fingerprint density at radius 2 is 2.28 bits per heavy atom. The molecule has 1 aliphatic rings. The minimum atomic E-state index is -3.59. The smallest absolute Gasteiger partial charge is 0.345 e. The topological polar surface area (TPSA) is 83.9 Å². The molecule has 0 amide bonds. The highest BCUT2D eigenvalue weighted by molar-refractivity contribution is 7.91. The van der Waals surface area contributed by atoms with Gasteiger partial charge in [0, 0.05) is 20.2 Å². The van der Waals surface area contributed by atoms with E-state index in [9.17, 15) is 13.2 Å². The van der Waals surface area contributed by atoms with Gasteiger partial charge in [-0.25, -0.2) is 13.2 Å². The van der Waals surface area contributed by atoms with Gasteiger partial charge in [0.1, 0.15) is 9.09 Å². The maximum Gasteiger partial charge on any atom is 0.345 e. The first-order valence-electron chi connectivity index (χ1n) is 5.31. The van der Waals surface area contributed by atoms with Crippen molar-refractivity contribution in [3.05, 3.63) is 17.0 Å². The Hall–Kier alpha value is -0.960. The lowest BCUT2D eigenvalue weighted by Gasteiger charge is -2.14. The summed E-state index contributed by atoms with van der Waals surface area (Å²) in [4.78, 5) is 10.8. The van der Waals surface area contributed by atoms with Crippen LogP contribution in [0.3, 0.4) is 0 Å². The van der Waals surface area contributed by atoms with Gasteiger partial charge < -0.3 is 9.84 Å². The molecular formula is C10H13NO5S2. The lowest BCUT2D eigenvalue weighted by Crippen LogP contribution is -2.29. The molecule has 2 rings (SSSR count). The largest absolute Gasteiger partial charge is 0.477 e. The van der Waals surface area contributed by atoms with E-state index in [4.69, 9.17) is 9.84 Å². The summed E-state index contributed by atoms with van der Waals surface area (Å²) in [7, 11) is -2.04. The van der Waals surface area contributed by atoms with E-state index in [0.717, 1.165) is 11.3 Å². The maximum absolute atomic E-state index is 12.2. The fraction of sp³-hybridized carbons (Fsp3) is 0.500. The highest BCUT2D eigenvalue weighted by atomic mass is 32.2. The van der Waals surface area contributed by atoms with Gasteiger partial charge in [0.2, 0.25) is 0 Å². The van der Waals surface area contributed by atoms with Crippen molar-refractivity contribution in [2.45, 2.75) is 16.7 Å². The average Bonchev–Trinajstić information content (AvgIpc) is 2.98. The van der Waals surface area contributed by atoms with E-state index in [1.54, 1.807) is 7.11 Å². The highest BCUT2D eigenvalue weighted by Crippen LogP contribution is 2.27. The SMILES string of the molecule is COC1CCN(S(=O)(=O)c2ccc(C(=O)O)s2)C1. The van der Waals surface area contributed by atoms with Crippen molar-refractivity contribution in [1.29, 1.82) is 0 Å². The van der Waals surface area contributed by atoms with Crippen molar-refractivity contribution in [2.75, 3.05) is 20.2 Å². The molecule has 1 N–H and O–H groups in total. The molecule has 1 saturated heterocycles. The Morgan fingerprint density at radius 1 is 1.56 bits per heavy atom. The van der Waals surface area contributed by atoms with Crippen molar-refractivity contribution >= 4 is 27.3 Å². The summed E-state index contributed by atoms with van der Waals surface area (Å²) < 4.78 is 31.0. The third-order valence-electron chi connectivity index (χ3n) is 2.83. The monoisotopic (exact) mass is 291 g/mol. The molecule has 1 aromatic rings. The molecule has 8 heteroatoms. The first-order valence-corrected chi connectivity index (χ1v) is 7.57. The van der Waals surface area contributed by atoms with Crippen LogP contribution in [0.5, 0.6) is 0 Å². The van der Waals surface area contributed by atoms with Crippen LogP contribution in [0.1, 0.15) is 16.1 Å². The van der Waals surface area contributed by atoms with Crippen molar-refractivity contribution in [1.82, 2.24) is 4.31 Å². The van der Waals surface area contributed by atoms with Gasteiger partial charge in [0.25, 0.3) is 10.0 Å². The Kier molecular flexibility index (Phi) is 3.71. The Balaban J connectivity index is 2.23. The zero-order chi connectivity index (χ0) is 13.3. The summed E-state index contributed by atoms with van der Waals surface area (Å²) in [5.41, 5.74) is 0. The van der Waals surface area contributed by atoms with Crippen LogP contribution in [0.4, 0.5) is 0 Å². The van der Waals surface area contributed by atoms with Crippen LogP contribution < -0.4 is 0 Å². The van der Waals surface area contributed by atoms with Gasteiger partial charge in [-0.2, -0.15) is 4.31 Å². The molecule has 2 heterocycles. The van der Waals surface area contributed by atoms with Gasteiger partial charge in [0.05, 0.1) is 6.10 Å². The number of rotatable bonds is 4. The van der Waals surface area contributed by atoms with Crippen LogP contribution in [-0.4, -0.2) is 50.1 Å². The van der Waals surface area contributed by atoms with Crippen molar-refractivity contribution in [3.63, 3.8) is 0 Å². The van der Waals surface area contributed by atoms with E-state index >= 15 is 0 Å². The van der Waals surface area contributed by atoms with Crippen molar-refractivity contribution in [3.8, 4) is 0 Å². The number of hydrogen-bond acceptors (Lipinski definition) is 5. The van der Waals surface area contributed by atoms with E-state index in [2.05, 4.69) is 0 Å². The fourth-order valence-corrected chi connectivity index (χ4v) is 4.60. The molecule has 0 radical (unpaired) electrons. The van der Waals surface area contributed by atoms with Gasteiger partial charge in [-0.05, 0) is 18.6 Å². The molecule has 0 aromatic carbocycles. The van der Waals surface area contributed by atoms with Crippen LogP contribution in [0.25, 0.3) is 0 Å².